The smallest absolute Gasteiger partial charge is 0.448 e. The first-order valence-corrected chi connectivity index (χ1v) is 7.30. The van der Waals surface area contributed by atoms with Crippen LogP contribution in [0.4, 0.5) is 0 Å². The van der Waals surface area contributed by atoms with Gasteiger partial charge in [-0.3, -0.25) is 13.6 Å². The van der Waals surface area contributed by atoms with E-state index in [-0.39, 0.29) is 19.8 Å². The molecule has 4 rings (SSSR count). The number of benzene rings is 1. The van der Waals surface area contributed by atoms with Crippen molar-refractivity contribution in [3.63, 3.8) is 0 Å². The number of esters is 1. The van der Waals surface area contributed by atoms with E-state index in [1.165, 1.54) is 0 Å². The second-order valence-electron chi connectivity index (χ2n) is 4.71. The summed E-state index contributed by atoms with van der Waals surface area (Å²) in [7, 11) is -3.39. The van der Waals surface area contributed by atoms with E-state index in [1.807, 2.05) is 13.0 Å². The molecule has 3 fully saturated rings. The molecule has 0 spiro atoms. The van der Waals surface area contributed by atoms with Crippen LogP contribution < -0.4 is 0 Å². The maximum absolute atomic E-state index is 12.1. The van der Waals surface area contributed by atoms with Crippen molar-refractivity contribution in [2.75, 3.05) is 19.8 Å². The molecule has 3 saturated heterocycles. The summed E-state index contributed by atoms with van der Waals surface area (Å²) in [5, 5.41) is 0. The predicted octanol–water partition coefficient (Wildman–Crippen LogP) is 2.08. The number of carbonyl (C=O) groups is 1. The van der Waals surface area contributed by atoms with Gasteiger partial charge >= 0.3 is 13.8 Å². The molecule has 3 aliphatic heterocycles. The molecular weight excluding hydrogens is 271 g/mol. The number of fused-ring (bicyclic) bond motifs is 3. The molecule has 6 nitrogen and oxygen atoms in total. The Bertz CT molecular complexity index is 538. The average molecular weight is 284 g/mol. The van der Waals surface area contributed by atoms with Gasteiger partial charge in [-0.05, 0) is 19.1 Å². The maximum Gasteiger partial charge on any atom is 0.475 e. The molecule has 0 amide bonds. The minimum atomic E-state index is -3.39. The molecule has 0 aliphatic carbocycles. The Balaban J connectivity index is 1.75. The first kappa shape index (κ1) is 12.8. The fraction of sp³-hybridized carbons (Fsp3) is 0.417. The molecule has 0 N–H and O–H groups in total. The van der Waals surface area contributed by atoms with Crippen molar-refractivity contribution in [1.29, 1.82) is 0 Å². The third kappa shape index (κ3) is 2.44. The molecule has 19 heavy (non-hydrogen) atoms. The summed E-state index contributed by atoms with van der Waals surface area (Å²) in [6.45, 7) is 1.98. The van der Waals surface area contributed by atoms with E-state index in [4.69, 9.17) is 18.3 Å². The van der Waals surface area contributed by atoms with Gasteiger partial charge in [-0.15, -0.1) is 0 Å². The van der Waals surface area contributed by atoms with E-state index in [0.717, 1.165) is 5.56 Å². The number of hydrogen-bond donors (Lipinski definition) is 0. The second-order valence-corrected chi connectivity index (χ2v) is 6.38. The molecule has 1 aromatic rings. The standard InChI is InChI=1S/C12H13O6P/c1-9-3-2-4-10(5-9)11(13)18-12-6-15-19(14,16-7-12)17-8-12/h2-5H,6-8H2,1H3. The summed E-state index contributed by atoms with van der Waals surface area (Å²) in [6.07, 6.45) is 0. The van der Waals surface area contributed by atoms with Crippen LogP contribution in [0.2, 0.25) is 0 Å². The molecule has 1 aromatic carbocycles. The fourth-order valence-electron chi connectivity index (χ4n) is 1.94. The van der Waals surface area contributed by atoms with Gasteiger partial charge in [-0.2, -0.15) is 0 Å². The molecule has 0 atom stereocenters. The van der Waals surface area contributed by atoms with Crippen LogP contribution >= 0.6 is 7.82 Å². The van der Waals surface area contributed by atoms with Crippen molar-refractivity contribution in [2.24, 2.45) is 0 Å². The highest BCUT2D eigenvalue weighted by atomic mass is 31.2. The molecule has 3 aliphatic rings. The van der Waals surface area contributed by atoms with E-state index in [1.54, 1.807) is 18.2 Å². The van der Waals surface area contributed by atoms with E-state index in [2.05, 4.69) is 0 Å². The maximum atomic E-state index is 12.1. The lowest BCUT2D eigenvalue weighted by Gasteiger charge is -2.43. The van der Waals surface area contributed by atoms with Crippen molar-refractivity contribution >= 4 is 13.8 Å². The highest BCUT2D eigenvalue weighted by molar-refractivity contribution is 7.48. The highest BCUT2D eigenvalue weighted by Gasteiger charge is 2.53. The summed E-state index contributed by atoms with van der Waals surface area (Å²) < 4.78 is 31.9. The first-order valence-electron chi connectivity index (χ1n) is 5.84. The van der Waals surface area contributed by atoms with E-state index < -0.39 is 19.4 Å². The van der Waals surface area contributed by atoms with Crippen LogP contribution in [-0.2, 0) is 22.9 Å². The van der Waals surface area contributed by atoms with Crippen LogP contribution in [0, 0.1) is 6.92 Å². The summed E-state index contributed by atoms with van der Waals surface area (Å²) in [6, 6.07) is 7.08. The van der Waals surface area contributed by atoms with Crippen LogP contribution in [0.15, 0.2) is 24.3 Å². The Morgan fingerprint density at radius 3 is 2.47 bits per heavy atom. The molecule has 102 valence electrons. The lowest BCUT2D eigenvalue weighted by Crippen LogP contribution is -2.53. The van der Waals surface area contributed by atoms with Crippen molar-refractivity contribution in [2.45, 2.75) is 12.5 Å². The second kappa shape index (κ2) is 4.42. The average Bonchev–Trinajstić information content (AvgIpc) is 2.41. The number of phosphoric ester groups is 1. The zero-order valence-corrected chi connectivity index (χ0v) is 11.2. The molecule has 0 unspecified atom stereocenters. The Hall–Kier alpha value is -1.20. The Labute approximate surface area is 110 Å². The van der Waals surface area contributed by atoms with Crippen molar-refractivity contribution in [1.82, 2.24) is 0 Å². The Morgan fingerprint density at radius 2 is 1.89 bits per heavy atom. The monoisotopic (exact) mass is 284 g/mol. The van der Waals surface area contributed by atoms with Gasteiger partial charge in [0.05, 0.1) is 5.56 Å². The SMILES string of the molecule is Cc1cccc(C(=O)OC23COP(=O)(OC2)OC3)c1. The van der Waals surface area contributed by atoms with Crippen molar-refractivity contribution < 1.29 is 27.7 Å². The number of rotatable bonds is 2. The molecular formula is C12H13O6P. The number of carbonyl (C=O) groups excluding carboxylic acids is 1. The Morgan fingerprint density at radius 1 is 1.26 bits per heavy atom. The third-order valence-corrected chi connectivity index (χ3v) is 4.36. The normalized spacial score (nSPS) is 33.1. The van der Waals surface area contributed by atoms with Crippen LogP contribution in [-0.4, -0.2) is 31.4 Å². The van der Waals surface area contributed by atoms with Crippen LogP contribution in [0.3, 0.4) is 0 Å². The number of ether oxygens (including phenoxy) is 1. The summed E-state index contributed by atoms with van der Waals surface area (Å²) in [5.41, 5.74) is 0.411. The molecule has 0 aromatic heterocycles. The van der Waals surface area contributed by atoms with Crippen LogP contribution in [0.5, 0.6) is 0 Å². The quantitative estimate of drug-likeness (QED) is 0.611. The topological polar surface area (TPSA) is 71.1 Å². The Kier molecular flexibility index (Phi) is 2.98. The van der Waals surface area contributed by atoms with Gasteiger partial charge in [0.15, 0.2) is 5.60 Å². The zero-order valence-electron chi connectivity index (χ0n) is 10.3. The van der Waals surface area contributed by atoms with Gasteiger partial charge in [-0.25, -0.2) is 9.36 Å². The minimum Gasteiger partial charge on any atom is -0.448 e. The van der Waals surface area contributed by atoms with Gasteiger partial charge in [0, 0.05) is 0 Å². The van der Waals surface area contributed by atoms with Gasteiger partial charge in [0.25, 0.3) is 0 Å². The van der Waals surface area contributed by atoms with E-state index in [9.17, 15) is 9.36 Å². The van der Waals surface area contributed by atoms with Crippen LogP contribution in [0.1, 0.15) is 15.9 Å². The van der Waals surface area contributed by atoms with E-state index >= 15 is 0 Å². The number of phosphoric acid groups is 1. The lowest BCUT2D eigenvalue weighted by atomic mass is 10.1. The summed E-state index contributed by atoms with van der Waals surface area (Å²) in [5.74, 6) is -0.474. The highest BCUT2D eigenvalue weighted by Crippen LogP contribution is 2.58. The van der Waals surface area contributed by atoms with Gasteiger partial charge in [0.1, 0.15) is 19.8 Å². The molecule has 7 heteroatoms. The van der Waals surface area contributed by atoms with Gasteiger partial charge < -0.3 is 4.74 Å². The molecule has 2 bridgehead atoms. The minimum absolute atomic E-state index is 0.0296. The van der Waals surface area contributed by atoms with Gasteiger partial charge in [-0.1, -0.05) is 17.7 Å². The fourth-order valence-corrected chi connectivity index (χ4v) is 3.35. The largest absolute Gasteiger partial charge is 0.475 e. The van der Waals surface area contributed by atoms with Gasteiger partial charge in [0.2, 0.25) is 0 Å². The molecule has 0 radical (unpaired) electrons. The third-order valence-electron chi connectivity index (χ3n) is 3.02. The zero-order chi connectivity index (χ0) is 13.5. The van der Waals surface area contributed by atoms with E-state index in [0.29, 0.717) is 5.56 Å². The number of hydrogen-bond acceptors (Lipinski definition) is 6. The van der Waals surface area contributed by atoms with Crippen LogP contribution in [0.25, 0.3) is 0 Å². The summed E-state index contributed by atoms with van der Waals surface area (Å²) >= 11 is 0. The van der Waals surface area contributed by atoms with Crippen molar-refractivity contribution in [3.05, 3.63) is 35.4 Å². The van der Waals surface area contributed by atoms with Crippen molar-refractivity contribution in [3.8, 4) is 0 Å². The predicted molar refractivity (Wildman–Crippen MR) is 64.8 cm³/mol. The number of aryl methyl sites for hydroxylation is 1. The lowest BCUT2D eigenvalue weighted by molar-refractivity contribution is -0.156. The summed E-state index contributed by atoms with van der Waals surface area (Å²) in [4.78, 5) is 12.1. The first-order chi connectivity index (χ1) is 9.00. The molecule has 3 heterocycles. The molecule has 0 saturated carbocycles.